The summed E-state index contributed by atoms with van der Waals surface area (Å²) in [6.07, 6.45) is -0.724. The van der Waals surface area contributed by atoms with Gasteiger partial charge in [0.2, 0.25) is 5.91 Å². The Labute approximate surface area is 140 Å². The SMILES string of the molecule is Cc1cn(CC(=O)N[C@H]2COC[C@H]2Oc2cn[nH]c2)nc1C(F)(F)F. The molecule has 2 N–H and O–H groups in total. The molecular formula is C14H16F3N5O3. The summed E-state index contributed by atoms with van der Waals surface area (Å²) in [5.74, 6) is 0.0276. The molecule has 2 aromatic rings. The monoisotopic (exact) mass is 359 g/mol. The number of carbonyl (C=O) groups is 1. The molecule has 2 atom stereocenters. The number of ether oxygens (including phenoxy) is 2. The molecule has 0 radical (unpaired) electrons. The highest BCUT2D eigenvalue weighted by Crippen LogP contribution is 2.30. The molecule has 3 heterocycles. The number of rotatable bonds is 5. The number of aromatic nitrogens is 4. The fourth-order valence-corrected chi connectivity index (χ4v) is 2.55. The van der Waals surface area contributed by atoms with E-state index < -0.39 is 29.9 Å². The average Bonchev–Trinajstić information content (AvgIpc) is 3.22. The third-order valence-electron chi connectivity index (χ3n) is 3.65. The molecule has 2 aromatic heterocycles. The van der Waals surface area contributed by atoms with Crippen LogP contribution in [0.2, 0.25) is 0 Å². The zero-order valence-corrected chi connectivity index (χ0v) is 13.2. The number of carbonyl (C=O) groups excluding carboxylic acids is 1. The van der Waals surface area contributed by atoms with E-state index in [-0.39, 0.29) is 25.3 Å². The van der Waals surface area contributed by atoms with Crippen LogP contribution in [-0.2, 0) is 22.3 Å². The molecule has 1 aliphatic heterocycles. The van der Waals surface area contributed by atoms with E-state index in [1.807, 2.05) is 0 Å². The van der Waals surface area contributed by atoms with Gasteiger partial charge in [0, 0.05) is 6.20 Å². The molecule has 1 amide bonds. The molecular weight excluding hydrogens is 343 g/mol. The van der Waals surface area contributed by atoms with Crippen molar-refractivity contribution in [1.29, 1.82) is 0 Å². The van der Waals surface area contributed by atoms with Crippen molar-refractivity contribution < 1.29 is 27.4 Å². The zero-order chi connectivity index (χ0) is 18.0. The van der Waals surface area contributed by atoms with Crippen LogP contribution in [0.1, 0.15) is 11.3 Å². The minimum atomic E-state index is -4.55. The van der Waals surface area contributed by atoms with E-state index in [1.165, 1.54) is 19.3 Å². The molecule has 136 valence electrons. The molecule has 11 heteroatoms. The summed E-state index contributed by atoms with van der Waals surface area (Å²) in [6, 6.07) is -0.416. The van der Waals surface area contributed by atoms with Gasteiger partial charge in [-0.15, -0.1) is 0 Å². The Morgan fingerprint density at radius 3 is 2.96 bits per heavy atom. The van der Waals surface area contributed by atoms with E-state index in [1.54, 1.807) is 6.20 Å². The first-order chi connectivity index (χ1) is 11.8. The Bertz CT molecular complexity index is 729. The highest BCUT2D eigenvalue weighted by Gasteiger charge is 2.36. The molecule has 1 fully saturated rings. The lowest BCUT2D eigenvalue weighted by Crippen LogP contribution is -2.46. The third kappa shape index (κ3) is 4.10. The topological polar surface area (TPSA) is 94.1 Å². The number of amides is 1. The van der Waals surface area contributed by atoms with Gasteiger partial charge in [0.05, 0.1) is 31.6 Å². The number of aryl methyl sites for hydroxylation is 1. The number of hydrogen-bond donors (Lipinski definition) is 2. The normalized spacial score (nSPS) is 20.6. The second-order valence-electron chi connectivity index (χ2n) is 5.66. The van der Waals surface area contributed by atoms with Gasteiger partial charge in [-0.3, -0.25) is 14.6 Å². The second-order valence-corrected chi connectivity index (χ2v) is 5.66. The standard InChI is InChI=1S/C14H16F3N5O3/c1-8-4-22(21-13(8)14(15,16)17)5-12(23)20-10-6-24-7-11(10)25-9-2-18-19-3-9/h2-4,10-11H,5-7H2,1H3,(H,18,19)(H,20,23)/t10-,11+/m0/s1. The van der Waals surface area contributed by atoms with Crippen molar-refractivity contribution in [2.24, 2.45) is 0 Å². The zero-order valence-electron chi connectivity index (χ0n) is 13.2. The fraction of sp³-hybridized carbons (Fsp3) is 0.500. The molecule has 0 unspecified atom stereocenters. The summed E-state index contributed by atoms with van der Waals surface area (Å²) in [5.41, 5.74) is -1.03. The lowest BCUT2D eigenvalue weighted by atomic mass is 10.2. The number of hydrogen-bond acceptors (Lipinski definition) is 5. The number of nitrogens with zero attached hydrogens (tertiary/aromatic N) is 3. The van der Waals surface area contributed by atoms with Gasteiger partial charge in [-0.05, 0) is 12.5 Å². The lowest BCUT2D eigenvalue weighted by Gasteiger charge is -2.19. The molecule has 25 heavy (non-hydrogen) atoms. The Balaban J connectivity index is 1.58. The summed E-state index contributed by atoms with van der Waals surface area (Å²) in [7, 11) is 0. The van der Waals surface area contributed by atoms with E-state index in [9.17, 15) is 18.0 Å². The molecule has 0 saturated carbocycles. The summed E-state index contributed by atoms with van der Waals surface area (Å²) in [5, 5.41) is 12.5. The van der Waals surface area contributed by atoms with Gasteiger partial charge < -0.3 is 14.8 Å². The predicted octanol–water partition coefficient (Wildman–Crippen LogP) is 0.896. The van der Waals surface area contributed by atoms with Gasteiger partial charge in [-0.1, -0.05) is 0 Å². The van der Waals surface area contributed by atoms with Crippen molar-refractivity contribution in [3.8, 4) is 5.75 Å². The third-order valence-corrected chi connectivity index (χ3v) is 3.65. The van der Waals surface area contributed by atoms with Crippen molar-refractivity contribution in [3.63, 3.8) is 0 Å². The Morgan fingerprint density at radius 2 is 2.32 bits per heavy atom. The van der Waals surface area contributed by atoms with Crippen LogP contribution in [0.15, 0.2) is 18.6 Å². The van der Waals surface area contributed by atoms with Crippen molar-refractivity contribution in [1.82, 2.24) is 25.3 Å². The molecule has 8 nitrogen and oxygen atoms in total. The molecule has 1 saturated heterocycles. The van der Waals surface area contributed by atoms with Crippen LogP contribution in [0, 0.1) is 6.92 Å². The van der Waals surface area contributed by atoms with Crippen molar-refractivity contribution in [3.05, 3.63) is 29.8 Å². The van der Waals surface area contributed by atoms with Gasteiger partial charge >= 0.3 is 6.18 Å². The average molecular weight is 359 g/mol. The maximum absolute atomic E-state index is 12.7. The van der Waals surface area contributed by atoms with Crippen LogP contribution in [0.4, 0.5) is 13.2 Å². The molecule has 0 aromatic carbocycles. The van der Waals surface area contributed by atoms with Gasteiger partial charge in [-0.25, -0.2) is 0 Å². The van der Waals surface area contributed by atoms with Crippen molar-refractivity contribution >= 4 is 5.91 Å². The fourth-order valence-electron chi connectivity index (χ4n) is 2.55. The van der Waals surface area contributed by atoms with E-state index >= 15 is 0 Å². The Morgan fingerprint density at radius 1 is 1.52 bits per heavy atom. The highest BCUT2D eigenvalue weighted by atomic mass is 19.4. The van der Waals surface area contributed by atoms with Gasteiger partial charge in [0.25, 0.3) is 0 Å². The van der Waals surface area contributed by atoms with Gasteiger partial charge in [-0.2, -0.15) is 23.4 Å². The summed E-state index contributed by atoms with van der Waals surface area (Å²) in [4.78, 5) is 12.1. The van der Waals surface area contributed by atoms with Crippen LogP contribution in [0.25, 0.3) is 0 Å². The number of halogens is 3. The summed E-state index contributed by atoms with van der Waals surface area (Å²) < 4.78 is 50.1. The highest BCUT2D eigenvalue weighted by molar-refractivity contribution is 5.76. The van der Waals surface area contributed by atoms with Crippen LogP contribution >= 0.6 is 0 Å². The van der Waals surface area contributed by atoms with E-state index in [4.69, 9.17) is 9.47 Å². The van der Waals surface area contributed by atoms with Crippen LogP contribution in [0.5, 0.6) is 5.75 Å². The minimum absolute atomic E-state index is 0.0364. The number of nitrogens with one attached hydrogen (secondary N) is 2. The summed E-state index contributed by atoms with van der Waals surface area (Å²) in [6.45, 7) is 1.51. The molecule has 0 bridgehead atoms. The molecule has 1 aliphatic rings. The number of H-pyrrole nitrogens is 1. The number of alkyl halides is 3. The quantitative estimate of drug-likeness (QED) is 0.827. The second kappa shape index (κ2) is 6.75. The molecule has 0 spiro atoms. The molecule has 3 rings (SSSR count). The van der Waals surface area contributed by atoms with E-state index in [0.717, 1.165) is 4.68 Å². The smallest absolute Gasteiger partial charge is 0.435 e. The van der Waals surface area contributed by atoms with E-state index in [2.05, 4.69) is 20.6 Å². The van der Waals surface area contributed by atoms with E-state index in [0.29, 0.717) is 5.75 Å². The van der Waals surface area contributed by atoms with Crippen LogP contribution < -0.4 is 10.1 Å². The van der Waals surface area contributed by atoms with Crippen LogP contribution in [0.3, 0.4) is 0 Å². The maximum Gasteiger partial charge on any atom is 0.435 e. The van der Waals surface area contributed by atoms with Crippen LogP contribution in [-0.4, -0.2) is 51.2 Å². The summed E-state index contributed by atoms with van der Waals surface area (Å²) >= 11 is 0. The first-order valence-corrected chi connectivity index (χ1v) is 7.46. The first kappa shape index (κ1) is 17.3. The Kier molecular flexibility index (Phi) is 4.66. The minimum Gasteiger partial charge on any atom is -0.482 e. The number of aromatic amines is 1. The maximum atomic E-state index is 12.7. The largest absolute Gasteiger partial charge is 0.482 e. The van der Waals surface area contributed by atoms with Gasteiger partial charge in [0.1, 0.15) is 12.6 Å². The first-order valence-electron chi connectivity index (χ1n) is 7.46. The van der Waals surface area contributed by atoms with Crippen molar-refractivity contribution in [2.45, 2.75) is 31.8 Å². The van der Waals surface area contributed by atoms with Gasteiger partial charge in [0.15, 0.2) is 11.4 Å². The lowest BCUT2D eigenvalue weighted by molar-refractivity contribution is -0.142. The van der Waals surface area contributed by atoms with Crippen molar-refractivity contribution in [2.75, 3.05) is 13.2 Å². The molecule has 0 aliphatic carbocycles. The predicted molar refractivity (Wildman–Crippen MR) is 77.7 cm³/mol. The Hall–Kier alpha value is -2.56.